The zero-order valence-electron chi connectivity index (χ0n) is 11.7. The molecule has 0 saturated carbocycles. The van der Waals surface area contributed by atoms with Gasteiger partial charge in [0.15, 0.2) is 0 Å². The third-order valence-electron chi connectivity index (χ3n) is 4.65. The van der Waals surface area contributed by atoms with Crippen LogP contribution in [0.2, 0.25) is 5.02 Å². The van der Waals surface area contributed by atoms with E-state index in [1.807, 2.05) is 0 Å². The van der Waals surface area contributed by atoms with Gasteiger partial charge in [-0.2, -0.15) is 0 Å². The zero-order chi connectivity index (χ0) is 13.9. The third kappa shape index (κ3) is 3.00. The van der Waals surface area contributed by atoms with Crippen molar-refractivity contribution in [3.05, 3.63) is 34.6 Å². The Labute approximate surface area is 125 Å². The number of benzene rings is 1. The van der Waals surface area contributed by atoms with Crippen LogP contribution in [0.25, 0.3) is 0 Å². The Kier molecular flexibility index (Phi) is 4.59. The second-order valence-electron chi connectivity index (χ2n) is 5.94. The van der Waals surface area contributed by atoms with E-state index in [1.54, 1.807) is 12.1 Å². The lowest BCUT2D eigenvalue weighted by atomic mass is 9.94. The summed E-state index contributed by atoms with van der Waals surface area (Å²) in [7, 11) is 0. The van der Waals surface area contributed by atoms with Crippen LogP contribution in [0.4, 0.5) is 4.39 Å². The minimum Gasteiger partial charge on any atom is -0.312 e. The van der Waals surface area contributed by atoms with Gasteiger partial charge in [0.25, 0.3) is 0 Å². The highest BCUT2D eigenvalue weighted by Crippen LogP contribution is 2.28. The highest BCUT2D eigenvalue weighted by atomic mass is 35.5. The van der Waals surface area contributed by atoms with Gasteiger partial charge in [0.2, 0.25) is 0 Å². The summed E-state index contributed by atoms with van der Waals surface area (Å²) in [6, 6.07) is 6.07. The van der Waals surface area contributed by atoms with E-state index in [9.17, 15) is 4.39 Å². The Morgan fingerprint density at radius 2 is 2.15 bits per heavy atom. The summed E-state index contributed by atoms with van der Waals surface area (Å²) < 4.78 is 14.0. The van der Waals surface area contributed by atoms with Crippen molar-refractivity contribution < 1.29 is 4.39 Å². The predicted octanol–water partition coefficient (Wildman–Crippen LogP) is 3.59. The smallest absolute Gasteiger partial charge is 0.129 e. The Bertz CT molecular complexity index is 440. The molecule has 1 N–H and O–H groups in total. The number of rotatable bonds is 3. The fourth-order valence-electron chi connectivity index (χ4n) is 3.60. The minimum absolute atomic E-state index is 0.179. The summed E-state index contributed by atoms with van der Waals surface area (Å²) in [4.78, 5) is 2.43. The van der Waals surface area contributed by atoms with Crippen LogP contribution in [0.1, 0.15) is 37.7 Å². The van der Waals surface area contributed by atoms with Gasteiger partial charge in [0, 0.05) is 29.2 Å². The highest BCUT2D eigenvalue weighted by molar-refractivity contribution is 6.31. The molecule has 1 aromatic carbocycles. The molecule has 2 aliphatic rings. The normalized spacial score (nSPS) is 27.9. The van der Waals surface area contributed by atoms with Crippen molar-refractivity contribution in [3.63, 3.8) is 0 Å². The molecular formula is C16H22ClFN2. The Balaban J connectivity index is 1.76. The van der Waals surface area contributed by atoms with Crippen LogP contribution in [0.15, 0.2) is 18.2 Å². The van der Waals surface area contributed by atoms with Crippen molar-refractivity contribution in [1.82, 2.24) is 10.2 Å². The maximum absolute atomic E-state index is 14.0. The largest absolute Gasteiger partial charge is 0.312 e. The van der Waals surface area contributed by atoms with Crippen LogP contribution in [0.5, 0.6) is 0 Å². The lowest BCUT2D eigenvalue weighted by Gasteiger charge is -2.39. The zero-order valence-corrected chi connectivity index (χ0v) is 12.5. The maximum atomic E-state index is 14.0. The van der Waals surface area contributed by atoms with E-state index in [-0.39, 0.29) is 5.82 Å². The van der Waals surface area contributed by atoms with Gasteiger partial charge in [0.1, 0.15) is 5.82 Å². The first-order valence-electron chi connectivity index (χ1n) is 7.66. The van der Waals surface area contributed by atoms with E-state index in [4.69, 9.17) is 11.6 Å². The fraction of sp³-hybridized carbons (Fsp3) is 0.625. The standard InChI is InChI=1S/C16H22ClFN2/c17-13-5-3-6-14(18)12(13)11-20-10-2-1-8-16(20)15-7-4-9-19-15/h3,5-6,15-16,19H,1-2,4,7-11H2. The van der Waals surface area contributed by atoms with Crippen LogP contribution in [-0.2, 0) is 6.54 Å². The highest BCUT2D eigenvalue weighted by Gasteiger charge is 2.32. The molecule has 0 aromatic heterocycles. The fourth-order valence-corrected chi connectivity index (χ4v) is 3.82. The van der Waals surface area contributed by atoms with Gasteiger partial charge in [-0.25, -0.2) is 4.39 Å². The SMILES string of the molecule is Fc1cccc(Cl)c1CN1CCCCC1C1CCCN1. The van der Waals surface area contributed by atoms with Crippen LogP contribution in [0, 0.1) is 5.82 Å². The van der Waals surface area contributed by atoms with E-state index < -0.39 is 0 Å². The summed E-state index contributed by atoms with van der Waals surface area (Å²) >= 11 is 6.17. The molecule has 2 unspecified atom stereocenters. The third-order valence-corrected chi connectivity index (χ3v) is 5.00. The number of hydrogen-bond acceptors (Lipinski definition) is 2. The topological polar surface area (TPSA) is 15.3 Å². The Morgan fingerprint density at radius 3 is 2.90 bits per heavy atom. The molecule has 2 aliphatic heterocycles. The van der Waals surface area contributed by atoms with E-state index in [1.165, 1.54) is 38.2 Å². The quantitative estimate of drug-likeness (QED) is 0.917. The summed E-state index contributed by atoms with van der Waals surface area (Å²) in [5.41, 5.74) is 0.652. The molecule has 0 radical (unpaired) electrons. The average molecular weight is 297 g/mol. The summed E-state index contributed by atoms with van der Waals surface area (Å²) in [6.07, 6.45) is 6.20. The second-order valence-corrected chi connectivity index (χ2v) is 6.34. The van der Waals surface area contributed by atoms with Crippen molar-refractivity contribution in [2.24, 2.45) is 0 Å². The van der Waals surface area contributed by atoms with E-state index in [2.05, 4.69) is 10.2 Å². The first-order chi connectivity index (χ1) is 9.75. The Hall–Kier alpha value is -0.640. The van der Waals surface area contributed by atoms with Crippen molar-refractivity contribution in [2.75, 3.05) is 13.1 Å². The molecule has 110 valence electrons. The van der Waals surface area contributed by atoms with Crippen LogP contribution >= 0.6 is 11.6 Å². The maximum Gasteiger partial charge on any atom is 0.129 e. The average Bonchev–Trinajstić information content (AvgIpc) is 2.97. The number of nitrogens with one attached hydrogen (secondary N) is 1. The van der Waals surface area contributed by atoms with Crippen LogP contribution < -0.4 is 5.32 Å². The lowest BCUT2D eigenvalue weighted by molar-refractivity contribution is 0.111. The second kappa shape index (κ2) is 6.42. The first-order valence-corrected chi connectivity index (χ1v) is 8.04. The van der Waals surface area contributed by atoms with Gasteiger partial charge in [-0.05, 0) is 50.9 Å². The number of halogens is 2. The lowest BCUT2D eigenvalue weighted by Crippen LogP contribution is -2.49. The molecule has 0 bridgehead atoms. The van der Waals surface area contributed by atoms with Gasteiger partial charge >= 0.3 is 0 Å². The number of hydrogen-bond donors (Lipinski definition) is 1. The predicted molar refractivity (Wildman–Crippen MR) is 80.5 cm³/mol. The van der Waals surface area contributed by atoms with E-state index in [0.29, 0.717) is 29.2 Å². The van der Waals surface area contributed by atoms with Gasteiger partial charge < -0.3 is 5.32 Å². The van der Waals surface area contributed by atoms with Crippen molar-refractivity contribution in [3.8, 4) is 0 Å². The number of likely N-dealkylation sites (tertiary alicyclic amines) is 1. The molecule has 0 aliphatic carbocycles. The molecule has 2 fully saturated rings. The minimum atomic E-state index is -0.179. The monoisotopic (exact) mass is 296 g/mol. The molecule has 2 atom stereocenters. The molecule has 1 aromatic rings. The summed E-state index contributed by atoms with van der Waals surface area (Å²) in [5.74, 6) is -0.179. The number of nitrogens with zero attached hydrogens (tertiary/aromatic N) is 1. The van der Waals surface area contributed by atoms with Crippen molar-refractivity contribution in [2.45, 2.75) is 50.7 Å². The molecule has 3 rings (SSSR count). The van der Waals surface area contributed by atoms with Crippen LogP contribution in [-0.4, -0.2) is 30.1 Å². The van der Waals surface area contributed by atoms with Crippen molar-refractivity contribution >= 4 is 11.6 Å². The molecule has 0 spiro atoms. The molecule has 20 heavy (non-hydrogen) atoms. The summed E-state index contributed by atoms with van der Waals surface area (Å²) in [5, 5.41) is 4.15. The molecule has 4 heteroatoms. The van der Waals surface area contributed by atoms with E-state index in [0.717, 1.165) is 13.1 Å². The molecule has 0 amide bonds. The number of piperidine rings is 1. The molecule has 2 nitrogen and oxygen atoms in total. The molecule has 2 saturated heterocycles. The van der Waals surface area contributed by atoms with Gasteiger partial charge in [0.05, 0.1) is 0 Å². The van der Waals surface area contributed by atoms with E-state index >= 15 is 0 Å². The molecule has 2 heterocycles. The summed E-state index contributed by atoms with van der Waals surface area (Å²) in [6.45, 7) is 2.80. The molecular weight excluding hydrogens is 275 g/mol. The first kappa shape index (κ1) is 14.3. The van der Waals surface area contributed by atoms with Crippen molar-refractivity contribution in [1.29, 1.82) is 0 Å². The van der Waals surface area contributed by atoms with Gasteiger partial charge in [-0.3, -0.25) is 4.90 Å². The Morgan fingerprint density at radius 1 is 1.25 bits per heavy atom. The van der Waals surface area contributed by atoms with Gasteiger partial charge in [-0.15, -0.1) is 0 Å². The van der Waals surface area contributed by atoms with Crippen LogP contribution in [0.3, 0.4) is 0 Å². The van der Waals surface area contributed by atoms with Gasteiger partial charge in [-0.1, -0.05) is 24.1 Å².